The van der Waals surface area contributed by atoms with E-state index in [0.717, 1.165) is 25.2 Å². The van der Waals surface area contributed by atoms with Crippen molar-refractivity contribution in [1.82, 2.24) is 14.9 Å². The summed E-state index contributed by atoms with van der Waals surface area (Å²) in [5.74, 6) is 0.693. The third kappa shape index (κ3) is 3.83. The molecule has 1 aliphatic rings. The maximum atomic E-state index is 5.01. The highest BCUT2D eigenvalue weighted by atomic mass is 16.5. The zero-order valence-electron chi connectivity index (χ0n) is 13.1. The highest BCUT2D eigenvalue weighted by Crippen LogP contribution is 2.28. The molecule has 2 heterocycles. The number of ether oxygens (including phenoxy) is 1. The molecule has 1 saturated heterocycles. The molecule has 22 heavy (non-hydrogen) atoms. The molecular weight excluding hydrogens is 274 g/mol. The zero-order chi connectivity index (χ0) is 15.2. The first-order valence-corrected chi connectivity index (χ1v) is 7.97. The lowest BCUT2D eigenvalue weighted by Gasteiger charge is -2.20. The average molecular weight is 297 g/mol. The van der Waals surface area contributed by atoms with E-state index >= 15 is 0 Å². The van der Waals surface area contributed by atoms with Gasteiger partial charge in [0, 0.05) is 24.5 Å². The van der Waals surface area contributed by atoms with Crippen LogP contribution >= 0.6 is 0 Å². The van der Waals surface area contributed by atoms with Crippen LogP contribution in [-0.4, -0.2) is 35.1 Å². The van der Waals surface area contributed by atoms with Crippen molar-refractivity contribution < 1.29 is 4.74 Å². The Bertz CT molecular complexity index is 571. The molecule has 0 aliphatic carbocycles. The third-order valence-electron chi connectivity index (χ3n) is 4.36. The molecule has 3 rings (SSSR count). The summed E-state index contributed by atoms with van der Waals surface area (Å²) < 4.78 is 5.01. The fraction of sp³-hybridized carbons (Fsp3) is 0.444. The number of nitrogens with zero attached hydrogens (tertiary/aromatic N) is 3. The van der Waals surface area contributed by atoms with E-state index in [1.165, 1.54) is 24.8 Å². The normalized spacial score (nSPS) is 19.6. The van der Waals surface area contributed by atoms with Gasteiger partial charge < -0.3 is 4.74 Å². The van der Waals surface area contributed by atoms with Crippen molar-refractivity contribution in [2.45, 2.75) is 31.7 Å². The number of benzene rings is 1. The van der Waals surface area contributed by atoms with E-state index in [1.54, 1.807) is 7.11 Å². The molecule has 1 unspecified atom stereocenters. The molecule has 0 amide bonds. The van der Waals surface area contributed by atoms with Crippen molar-refractivity contribution in [1.29, 1.82) is 0 Å². The lowest BCUT2D eigenvalue weighted by atomic mass is 9.92. The predicted octanol–water partition coefficient (Wildman–Crippen LogP) is 3.25. The summed E-state index contributed by atoms with van der Waals surface area (Å²) in [6.07, 6.45) is 7.48. The first-order chi connectivity index (χ1) is 10.8. The summed E-state index contributed by atoms with van der Waals surface area (Å²) in [5, 5.41) is 0. The largest absolute Gasteiger partial charge is 0.467 e. The van der Waals surface area contributed by atoms with Crippen molar-refractivity contribution in [3.8, 4) is 6.01 Å². The van der Waals surface area contributed by atoms with Crippen molar-refractivity contribution in [3.05, 3.63) is 53.9 Å². The summed E-state index contributed by atoms with van der Waals surface area (Å²) in [6, 6.07) is 11.3. The monoisotopic (exact) mass is 297 g/mol. The molecule has 2 aromatic rings. The van der Waals surface area contributed by atoms with E-state index in [0.29, 0.717) is 11.9 Å². The minimum Gasteiger partial charge on any atom is -0.467 e. The van der Waals surface area contributed by atoms with E-state index in [2.05, 4.69) is 45.2 Å². The SMILES string of the molecule is COc1ncc(CN2CCCC(c3ccccc3)CC2)cn1. The molecule has 1 aliphatic heterocycles. The number of hydrogen-bond donors (Lipinski definition) is 0. The standard InChI is InChI=1S/C18H23N3O/c1-22-18-19-12-15(13-20-18)14-21-10-5-8-17(9-11-21)16-6-3-2-4-7-16/h2-4,6-7,12-13,17H,5,8-11,14H2,1H3. The maximum Gasteiger partial charge on any atom is 0.316 e. The van der Waals surface area contributed by atoms with Gasteiger partial charge in [0.05, 0.1) is 7.11 Å². The number of rotatable bonds is 4. The van der Waals surface area contributed by atoms with E-state index in [-0.39, 0.29) is 0 Å². The summed E-state index contributed by atoms with van der Waals surface area (Å²) in [7, 11) is 1.59. The molecule has 1 aromatic heterocycles. The first-order valence-electron chi connectivity index (χ1n) is 7.97. The third-order valence-corrected chi connectivity index (χ3v) is 4.36. The second kappa shape index (κ2) is 7.36. The van der Waals surface area contributed by atoms with Crippen LogP contribution in [0.1, 0.15) is 36.3 Å². The Hall–Kier alpha value is -1.94. The van der Waals surface area contributed by atoms with Crippen molar-refractivity contribution in [2.24, 2.45) is 0 Å². The summed E-state index contributed by atoms with van der Waals surface area (Å²) in [4.78, 5) is 10.9. The van der Waals surface area contributed by atoms with Gasteiger partial charge in [-0.05, 0) is 43.8 Å². The Labute approximate surface area is 132 Å². The van der Waals surface area contributed by atoms with Crippen molar-refractivity contribution in [2.75, 3.05) is 20.2 Å². The molecule has 4 heteroatoms. The molecule has 0 saturated carbocycles. The minimum absolute atomic E-state index is 0.434. The quantitative estimate of drug-likeness (QED) is 0.868. The fourth-order valence-electron chi connectivity index (χ4n) is 3.16. The van der Waals surface area contributed by atoms with Crippen LogP contribution in [0.15, 0.2) is 42.7 Å². The van der Waals surface area contributed by atoms with Crippen LogP contribution in [0.25, 0.3) is 0 Å². The van der Waals surface area contributed by atoms with Gasteiger partial charge in [-0.3, -0.25) is 4.90 Å². The molecule has 1 aromatic carbocycles. The van der Waals surface area contributed by atoms with E-state index in [4.69, 9.17) is 4.74 Å². The number of likely N-dealkylation sites (tertiary alicyclic amines) is 1. The lowest BCUT2D eigenvalue weighted by molar-refractivity contribution is 0.274. The fourth-order valence-corrected chi connectivity index (χ4v) is 3.16. The predicted molar refractivity (Wildman–Crippen MR) is 86.9 cm³/mol. The zero-order valence-corrected chi connectivity index (χ0v) is 13.1. The number of hydrogen-bond acceptors (Lipinski definition) is 4. The molecule has 0 bridgehead atoms. The van der Waals surface area contributed by atoms with Crippen LogP contribution in [0.4, 0.5) is 0 Å². The van der Waals surface area contributed by atoms with Crippen LogP contribution < -0.4 is 4.74 Å². The van der Waals surface area contributed by atoms with Gasteiger partial charge in [-0.15, -0.1) is 0 Å². The molecule has 0 N–H and O–H groups in total. The number of methoxy groups -OCH3 is 1. The molecule has 4 nitrogen and oxygen atoms in total. The Morgan fingerprint density at radius 1 is 1.09 bits per heavy atom. The molecule has 1 atom stereocenters. The smallest absolute Gasteiger partial charge is 0.316 e. The van der Waals surface area contributed by atoms with E-state index in [1.807, 2.05) is 12.4 Å². The molecule has 116 valence electrons. The molecular formula is C18H23N3O. The first kappa shape index (κ1) is 15.0. The Balaban J connectivity index is 1.58. The Morgan fingerprint density at radius 2 is 1.86 bits per heavy atom. The van der Waals surface area contributed by atoms with Crippen LogP contribution in [-0.2, 0) is 6.54 Å². The number of aromatic nitrogens is 2. The van der Waals surface area contributed by atoms with E-state index < -0.39 is 0 Å². The van der Waals surface area contributed by atoms with Gasteiger partial charge in [-0.2, -0.15) is 0 Å². The topological polar surface area (TPSA) is 38.2 Å². The van der Waals surface area contributed by atoms with E-state index in [9.17, 15) is 0 Å². The van der Waals surface area contributed by atoms with Crippen LogP contribution in [0.3, 0.4) is 0 Å². The van der Waals surface area contributed by atoms with Gasteiger partial charge in [0.25, 0.3) is 0 Å². The minimum atomic E-state index is 0.434. The second-order valence-electron chi connectivity index (χ2n) is 5.89. The van der Waals surface area contributed by atoms with Crippen molar-refractivity contribution >= 4 is 0 Å². The highest BCUT2D eigenvalue weighted by Gasteiger charge is 2.18. The highest BCUT2D eigenvalue weighted by molar-refractivity contribution is 5.19. The van der Waals surface area contributed by atoms with Crippen LogP contribution in [0.5, 0.6) is 6.01 Å². The lowest BCUT2D eigenvalue weighted by Crippen LogP contribution is -2.24. The summed E-state index contributed by atoms with van der Waals surface area (Å²) >= 11 is 0. The Morgan fingerprint density at radius 3 is 2.59 bits per heavy atom. The van der Waals surface area contributed by atoms with Crippen LogP contribution in [0, 0.1) is 0 Å². The van der Waals surface area contributed by atoms with Gasteiger partial charge in [-0.1, -0.05) is 30.3 Å². The summed E-state index contributed by atoms with van der Waals surface area (Å²) in [5.41, 5.74) is 2.64. The van der Waals surface area contributed by atoms with Gasteiger partial charge in [0.1, 0.15) is 0 Å². The molecule has 1 fully saturated rings. The Kier molecular flexibility index (Phi) is 5.01. The van der Waals surface area contributed by atoms with Crippen molar-refractivity contribution in [3.63, 3.8) is 0 Å². The van der Waals surface area contributed by atoms with Crippen LogP contribution in [0.2, 0.25) is 0 Å². The second-order valence-corrected chi connectivity index (χ2v) is 5.89. The van der Waals surface area contributed by atoms with Gasteiger partial charge in [0.2, 0.25) is 0 Å². The summed E-state index contributed by atoms with van der Waals surface area (Å²) in [6.45, 7) is 3.20. The average Bonchev–Trinajstić information content (AvgIpc) is 2.82. The molecule has 0 spiro atoms. The van der Waals surface area contributed by atoms with Gasteiger partial charge >= 0.3 is 6.01 Å². The molecule has 0 radical (unpaired) electrons. The van der Waals surface area contributed by atoms with Gasteiger partial charge in [0.15, 0.2) is 0 Å². The maximum absolute atomic E-state index is 5.01. The van der Waals surface area contributed by atoms with Gasteiger partial charge in [-0.25, -0.2) is 9.97 Å².